The number of ketones is 1. The molecule has 1 atom stereocenters. The van der Waals surface area contributed by atoms with Gasteiger partial charge in [-0.15, -0.1) is 0 Å². The van der Waals surface area contributed by atoms with Crippen molar-refractivity contribution in [2.45, 2.75) is 64.6 Å². The zero-order chi connectivity index (χ0) is 30.7. The molecule has 1 aliphatic carbocycles. The number of benzene rings is 2. The highest BCUT2D eigenvalue weighted by Gasteiger charge is 2.30. The molecule has 0 saturated heterocycles. The summed E-state index contributed by atoms with van der Waals surface area (Å²) in [5, 5.41) is 0. The number of carbonyl (C=O) groups is 2. The van der Waals surface area contributed by atoms with Crippen LogP contribution in [0.2, 0.25) is 0 Å². The Morgan fingerprint density at radius 1 is 0.976 bits per heavy atom. The van der Waals surface area contributed by atoms with E-state index in [2.05, 4.69) is 0 Å². The van der Waals surface area contributed by atoms with Crippen LogP contribution in [0.5, 0.6) is 0 Å². The Kier molecular flexibility index (Phi) is 9.50. The number of nitrogens with two attached hydrogens (primary N) is 1. The highest BCUT2D eigenvalue weighted by molar-refractivity contribution is 6.11. The third-order valence-electron chi connectivity index (χ3n) is 7.37. The minimum atomic E-state index is -1.16. The number of likely N-dealkylation sites (N-methyl/N-ethyl adjacent to an activating group) is 1. The van der Waals surface area contributed by atoms with Crippen molar-refractivity contribution in [1.29, 1.82) is 0 Å². The first-order valence-corrected chi connectivity index (χ1v) is 13.8. The number of esters is 1. The molecule has 0 amide bonds. The van der Waals surface area contributed by atoms with Gasteiger partial charge in [0.2, 0.25) is 0 Å². The Hall–Kier alpha value is -3.99. The molecule has 1 fully saturated rings. The molecule has 0 unspecified atom stereocenters. The van der Waals surface area contributed by atoms with Gasteiger partial charge in [-0.05, 0) is 81.0 Å². The average molecular weight is 588 g/mol. The molecule has 4 rings (SSSR count). The lowest BCUT2D eigenvalue weighted by Crippen LogP contribution is -2.41. The average Bonchev–Trinajstić information content (AvgIpc) is 3.41. The first kappa shape index (κ1) is 31.0. The number of nitrogen functional groups attached to an aromatic ring is 1. The second kappa shape index (κ2) is 12.9. The largest absolute Gasteiger partial charge is 0.461 e. The van der Waals surface area contributed by atoms with Crippen LogP contribution in [0.4, 0.5) is 23.4 Å². The standard InChI is InChI=1S/C31H33F4N3O4/c1-17(2)12-26(31(41)42-20-6-4-5-7-20)37(3)16-18-13-24(34)28(25(35)14-18)38-27(39)11-10-22(30(38)36)29(40)21-9-8-19(32)15-23(21)33/h8-11,13-15,17,20,26H,4-7,12,16,36H2,1-3H3/t26-/m0/s1. The van der Waals surface area contributed by atoms with E-state index >= 15 is 8.78 Å². The molecule has 0 bridgehead atoms. The molecule has 2 N–H and O–H groups in total. The fraction of sp³-hybridized carbons (Fsp3) is 0.387. The highest BCUT2D eigenvalue weighted by atomic mass is 19.1. The van der Waals surface area contributed by atoms with E-state index in [-0.39, 0.29) is 30.1 Å². The maximum absolute atomic E-state index is 15.5. The van der Waals surface area contributed by atoms with E-state index in [9.17, 15) is 23.2 Å². The number of carbonyl (C=O) groups excluding carboxylic acids is 2. The van der Waals surface area contributed by atoms with Gasteiger partial charge in [0.1, 0.15) is 35.3 Å². The Balaban J connectivity index is 1.63. The molecule has 1 heterocycles. The van der Waals surface area contributed by atoms with Crippen molar-refractivity contribution in [2.24, 2.45) is 5.92 Å². The number of ether oxygens (including phenoxy) is 1. The first-order valence-electron chi connectivity index (χ1n) is 13.8. The summed E-state index contributed by atoms with van der Waals surface area (Å²) in [7, 11) is 1.67. The van der Waals surface area contributed by atoms with E-state index in [1.165, 1.54) is 0 Å². The van der Waals surface area contributed by atoms with E-state index in [0.29, 0.717) is 17.1 Å². The van der Waals surface area contributed by atoms with E-state index in [0.717, 1.165) is 62.1 Å². The number of aromatic nitrogens is 1. The number of pyridine rings is 1. The lowest BCUT2D eigenvalue weighted by atomic mass is 10.0. The quantitative estimate of drug-likeness (QED) is 0.190. The van der Waals surface area contributed by atoms with E-state index < -0.39 is 63.3 Å². The Bertz CT molecular complexity index is 1530. The molecule has 0 spiro atoms. The minimum Gasteiger partial charge on any atom is -0.461 e. The molecule has 1 aliphatic rings. The molecular weight excluding hydrogens is 554 g/mol. The Labute approximate surface area is 240 Å². The molecule has 3 aromatic rings. The maximum Gasteiger partial charge on any atom is 0.323 e. The Morgan fingerprint density at radius 3 is 2.19 bits per heavy atom. The number of rotatable bonds is 10. The summed E-state index contributed by atoms with van der Waals surface area (Å²) >= 11 is 0. The smallest absolute Gasteiger partial charge is 0.323 e. The first-order chi connectivity index (χ1) is 19.9. The fourth-order valence-corrected chi connectivity index (χ4v) is 5.27. The van der Waals surface area contributed by atoms with Crippen molar-refractivity contribution in [1.82, 2.24) is 9.47 Å². The number of nitrogens with zero attached hydrogens (tertiary/aromatic N) is 2. The molecule has 42 heavy (non-hydrogen) atoms. The summed E-state index contributed by atoms with van der Waals surface area (Å²) in [5.41, 5.74) is 3.53. The molecule has 1 saturated carbocycles. The van der Waals surface area contributed by atoms with Crippen LogP contribution in [-0.2, 0) is 16.1 Å². The predicted octanol–water partition coefficient (Wildman–Crippen LogP) is 5.54. The highest BCUT2D eigenvalue weighted by Crippen LogP contribution is 2.27. The van der Waals surface area contributed by atoms with Crippen molar-refractivity contribution in [3.8, 4) is 5.69 Å². The van der Waals surface area contributed by atoms with Crippen molar-refractivity contribution in [2.75, 3.05) is 12.8 Å². The van der Waals surface area contributed by atoms with Gasteiger partial charge in [-0.2, -0.15) is 0 Å². The number of hydrogen-bond donors (Lipinski definition) is 1. The maximum atomic E-state index is 15.5. The van der Waals surface area contributed by atoms with Gasteiger partial charge in [-0.3, -0.25) is 23.9 Å². The summed E-state index contributed by atoms with van der Waals surface area (Å²) < 4.78 is 64.7. The molecule has 1 aromatic heterocycles. The van der Waals surface area contributed by atoms with Crippen LogP contribution >= 0.6 is 0 Å². The third kappa shape index (κ3) is 6.73. The van der Waals surface area contributed by atoms with E-state index in [1.54, 1.807) is 11.9 Å². The van der Waals surface area contributed by atoms with Gasteiger partial charge in [0.15, 0.2) is 17.4 Å². The second-order valence-electron chi connectivity index (χ2n) is 11.1. The van der Waals surface area contributed by atoms with Crippen molar-refractivity contribution < 1.29 is 31.9 Å². The van der Waals surface area contributed by atoms with E-state index in [1.807, 2.05) is 13.8 Å². The zero-order valence-corrected chi connectivity index (χ0v) is 23.6. The summed E-state index contributed by atoms with van der Waals surface area (Å²) in [6, 6.07) is 5.57. The monoisotopic (exact) mass is 587 g/mol. The molecule has 7 nitrogen and oxygen atoms in total. The van der Waals surface area contributed by atoms with Crippen LogP contribution in [0.3, 0.4) is 0 Å². The lowest BCUT2D eigenvalue weighted by Gasteiger charge is -2.29. The number of hydrogen-bond acceptors (Lipinski definition) is 6. The summed E-state index contributed by atoms with van der Waals surface area (Å²) in [5.74, 6) is -6.20. The minimum absolute atomic E-state index is 0.00196. The van der Waals surface area contributed by atoms with Crippen LogP contribution in [-0.4, -0.2) is 40.4 Å². The topological polar surface area (TPSA) is 94.6 Å². The molecular formula is C31H33F4N3O4. The molecule has 11 heteroatoms. The van der Waals surface area contributed by atoms with Crippen molar-refractivity contribution >= 4 is 17.6 Å². The van der Waals surface area contributed by atoms with Gasteiger partial charge in [-0.25, -0.2) is 17.6 Å². The summed E-state index contributed by atoms with van der Waals surface area (Å²) in [6.07, 6.45) is 3.99. The van der Waals surface area contributed by atoms with Crippen LogP contribution in [0, 0.1) is 29.2 Å². The number of halogens is 4. The van der Waals surface area contributed by atoms with Crippen LogP contribution in [0.25, 0.3) is 5.69 Å². The number of anilines is 1. The van der Waals surface area contributed by atoms with Crippen molar-refractivity contribution in [3.05, 3.63) is 92.8 Å². The third-order valence-corrected chi connectivity index (χ3v) is 7.37. The van der Waals surface area contributed by atoms with Crippen molar-refractivity contribution in [3.63, 3.8) is 0 Å². The molecule has 0 aliphatic heterocycles. The SMILES string of the molecule is CC(C)C[C@@H](C(=O)OC1CCCC1)N(C)Cc1cc(F)c(-n2c(N)c(C(=O)c3ccc(F)cc3F)ccc2=O)c(F)c1. The lowest BCUT2D eigenvalue weighted by molar-refractivity contribution is -0.155. The van der Waals surface area contributed by atoms with Gasteiger partial charge in [0, 0.05) is 18.7 Å². The van der Waals surface area contributed by atoms with Crippen LogP contribution in [0.15, 0.2) is 47.3 Å². The van der Waals surface area contributed by atoms with Gasteiger partial charge in [0.05, 0.1) is 11.1 Å². The van der Waals surface area contributed by atoms with Crippen LogP contribution in [0.1, 0.15) is 67.4 Å². The van der Waals surface area contributed by atoms with E-state index in [4.69, 9.17) is 10.5 Å². The van der Waals surface area contributed by atoms with Gasteiger partial charge >= 0.3 is 5.97 Å². The van der Waals surface area contributed by atoms with Gasteiger partial charge in [0.25, 0.3) is 5.56 Å². The van der Waals surface area contributed by atoms with Gasteiger partial charge < -0.3 is 10.5 Å². The van der Waals surface area contributed by atoms with Gasteiger partial charge in [-0.1, -0.05) is 13.8 Å². The second-order valence-corrected chi connectivity index (χ2v) is 11.1. The predicted molar refractivity (Wildman–Crippen MR) is 149 cm³/mol. The molecule has 224 valence electrons. The molecule has 0 radical (unpaired) electrons. The van der Waals surface area contributed by atoms with Crippen LogP contribution < -0.4 is 11.3 Å². The fourth-order valence-electron chi connectivity index (χ4n) is 5.27. The zero-order valence-electron chi connectivity index (χ0n) is 23.6. The normalized spacial score (nSPS) is 14.5. The summed E-state index contributed by atoms with van der Waals surface area (Å²) in [4.78, 5) is 40.3. The Morgan fingerprint density at radius 2 is 1.60 bits per heavy atom. The summed E-state index contributed by atoms with van der Waals surface area (Å²) in [6.45, 7) is 3.92. The molecule has 2 aromatic carbocycles.